The quantitative estimate of drug-likeness (QED) is 0.0719. The Labute approximate surface area is 455 Å². The van der Waals surface area contributed by atoms with Gasteiger partial charge in [0.2, 0.25) is 11.6 Å². The van der Waals surface area contributed by atoms with Gasteiger partial charge >= 0.3 is 0 Å². The number of carbonyl (C=O) groups excluding carboxylic acids is 2. The molecule has 0 radical (unpaired) electrons. The molecule has 20 nitrogen and oxygen atoms in total. The number of pyridine rings is 6. The lowest BCUT2D eigenvalue weighted by Crippen LogP contribution is -2.36. The van der Waals surface area contributed by atoms with Crippen molar-refractivity contribution in [3.05, 3.63) is 230 Å². The van der Waals surface area contributed by atoms with Gasteiger partial charge < -0.3 is 60.5 Å². The second-order valence-corrected chi connectivity index (χ2v) is 17.3. The molecule has 4 atom stereocenters. The smallest absolute Gasteiger partial charge is 0.202 e. The van der Waals surface area contributed by atoms with Crippen molar-refractivity contribution in [2.45, 2.75) is 24.4 Å². The molecular formula is C60H48N6O14. The van der Waals surface area contributed by atoms with Crippen molar-refractivity contribution in [1.82, 2.24) is 29.9 Å². The summed E-state index contributed by atoms with van der Waals surface area (Å²) in [6.07, 6.45) is 15.9. The monoisotopic (exact) mass is 1080 g/mol. The van der Waals surface area contributed by atoms with E-state index in [9.17, 15) is 60.7 Å². The second-order valence-electron chi connectivity index (χ2n) is 17.3. The molecule has 0 amide bonds. The Morgan fingerprint density at radius 1 is 0.300 bits per heavy atom. The number of carbonyl (C=O) groups is 2. The van der Waals surface area contributed by atoms with Crippen LogP contribution in [0.15, 0.2) is 208 Å². The minimum Gasteiger partial charge on any atom is -0.508 e. The number of fused-ring (bicyclic) bond motifs is 2. The highest BCUT2D eigenvalue weighted by molar-refractivity contribution is 6.06. The molecule has 402 valence electrons. The number of aromatic nitrogens is 6. The Morgan fingerprint density at radius 2 is 0.550 bits per heavy atom. The number of Topliss-reactive ketones (excluding diaryl/α,β-unsaturated/α-hetero) is 2. The maximum atomic E-state index is 12.2. The number of benzene rings is 4. The van der Waals surface area contributed by atoms with Gasteiger partial charge in [0.1, 0.15) is 45.6 Å². The topological polar surface area (TPSA) is 332 Å². The Kier molecular flexibility index (Phi) is 17.8. The van der Waals surface area contributed by atoms with Crippen LogP contribution in [-0.4, -0.2) is 105 Å². The zero-order valence-electron chi connectivity index (χ0n) is 41.7. The Balaban J connectivity index is 0.000000135. The predicted octanol–water partition coefficient (Wildman–Crippen LogP) is 8.80. The molecule has 20 heteroatoms. The van der Waals surface area contributed by atoms with Crippen LogP contribution in [0, 0.1) is 0 Å². The number of hydrogen-bond acceptors (Lipinski definition) is 20. The van der Waals surface area contributed by atoms with Gasteiger partial charge in [0.25, 0.3) is 0 Å². The van der Waals surface area contributed by atoms with E-state index in [1.165, 1.54) is 57.6 Å². The third-order valence-electron chi connectivity index (χ3n) is 12.0. The number of rotatable bonds is 5. The number of phenols is 8. The van der Waals surface area contributed by atoms with Crippen LogP contribution in [-0.2, 0) is 0 Å². The fourth-order valence-electron chi connectivity index (χ4n) is 8.03. The van der Waals surface area contributed by atoms with Crippen LogP contribution in [0.25, 0.3) is 33.4 Å². The predicted molar refractivity (Wildman–Crippen MR) is 289 cm³/mol. The third-order valence-corrected chi connectivity index (χ3v) is 12.0. The van der Waals surface area contributed by atoms with Gasteiger partial charge in [0, 0.05) is 98.6 Å². The molecule has 6 aromatic heterocycles. The highest BCUT2D eigenvalue weighted by Gasteiger charge is 2.40. The van der Waals surface area contributed by atoms with E-state index < -0.39 is 59.0 Å². The van der Waals surface area contributed by atoms with Crippen LogP contribution in [0.5, 0.6) is 57.5 Å². The van der Waals surface area contributed by atoms with Crippen molar-refractivity contribution in [3.8, 4) is 90.9 Å². The molecule has 0 bridgehead atoms. The molecule has 10 N–H and O–H groups in total. The van der Waals surface area contributed by atoms with Crippen molar-refractivity contribution in [1.29, 1.82) is 0 Å². The SMILES string of the molecule is O=C1c2c(O)cc(O)cc2O[C@H](c2ccc(O)c(O)c2)[C@H]1O.O=C1c2c(O)cc(O)cc2O[C@H](c2ccc(O)c(O)c2)[C@H]1O.c1cc(-c2ccncc2)ccn1.c1cc(-c2ccncc2)ccn1.c1cc(-c2ccncc2)ccn1. The molecule has 0 saturated heterocycles. The molecule has 0 aliphatic carbocycles. The van der Waals surface area contributed by atoms with E-state index in [1.807, 2.05) is 72.8 Å². The number of aliphatic hydroxyl groups excluding tert-OH is 2. The van der Waals surface area contributed by atoms with Gasteiger partial charge in [-0.15, -0.1) is 0 Å². The van der Waals surface area contributed by atoms with Gasteiger partial charge in [-0.25, -0.2) is 0 Å². The van der Waals surface area contributed by atoms with Crippen molar-refractivity contribution < 1.29 is 70.1 Å². The summed E-state index contributed by atoms with van der Waals surface area (Å²) in [6, 6.07) is 35.5. The fraction of sp³-hybridized carbons (Fsp3) is 0.0667. The lowest BCUT2D eigenvalue weighted by atomic mass is 9.92. The lowest BCUT2D eigenvalue weighted by Gasteiger charge is -2.30. The zero-order valence-corrected chi connectivity index (χ0v) is 41.7. The number of aromatic hydroxyl groups is 8. The van der Waals surface area contributed by atoms with Crippen molar-refractivity contribution >= 4 is 11.6 Å². The Morgan fingerprint density at radius 3 is 0.787 bits per heavy atom. The van der Waals surface area contributed by atoms with Gasteiger partial charge in [-0.1, -0.05) is 12.1 Å². The molecule has 2 aliphatic heterocycles. The van der Waals surface area contributed by atoms with Crippen LogP contribution in [0.4, 0.5) is 0 Å². The first-order valence-electron chi connectivity index (χ1n) is 24.0. The van der Waals surface area contributed by atoms with Crippen molar-refractivity contribution in [3.63, 3.8) is 0 Å². The molecule has 80 heavy (non-hydrogen) atoms. The molecule has 10 aromatic rings. The van der Waals surface area contributed by atoms with Gasteiger partial charge in [-0.2, -0.15) is 0 Å². The van der Waals surface area contributed by atoms with Crippen molar-refractivity contribution in [2.75, 3.05) is 0 Å². The summed E-state index contributed by atoms with van der Waals surface area (Å²) in [5.74, 6) is -4.83. The van der Waals surface area contributed by atoms with Crippen LogP contribution in [0.2, 0.25) is 0 Å². The molecule has 0 spiro atoms. The van der Waals surface area contributed by atoms with Gasteiger partial charge in [0.05, 0.1) is 0 Å². The minimum absolute atomic E-state index is 0.0784. The molecule has 4 aromatic carbocycles. The maximum absolute atomic E-state index is 12.2. The number of ketones is 2. The molecule has 0 fully saturated rings. The first-order chi connectivity index (χ1) is 38.7. The minimum atomic E-state index is -1.60. The van der Waals surface area contributed by atoms with Gasteiger partial charge in [0.15, 0.2) is 47.4 Å². The van der Waals surface area contributed by atoms with E-state index in [0.717, 1.165) is 36.4 Å². The second kappa shape index (κ2) is 25.7. The summed E-state index contributed by atoms with van der Waals surface area (Å²) >= 11 is 0. The normalized spacial score (nSPS) is 15.5. The number of ether oxygens (including phenoxy) is 2. The average molecular weight is 1080 g/mol. The Bertz CT molecular complexity index is 3270. The van der Waals surface area contributed by atoms with Crippen LogP contribution < -0.4 is 9.47 Å². The van der Waals surface area contributed by atoms with E-state index in [2.05, 4.69) is 29.9 Å². The summed E-state index contributed by atoms with van der Waals surface area (Å²) in [5, 5.41) is 96.2. The van der Waals surface area contributed by atoms with E-state index in [4.69, 9.17) is 9.47 Å². The maximum Gasteiger partial charge on any atom is 0.202 e. The highest BCUT2D eigenvalue weighted by Crippen LogP contribution is 2.44. The molecule has 12 rings (SSSR count). The van der Waals surface area contributed by atoms with Gasteiger partial charge in [-0.05, 0) is 142 Å². The molecule has 0 saturated carbocycles. The lowest BCUT2D eigenvalue weighted by molar-refractivity contribution is 0.0207. The summed E-state index contributed by atoms with van der Waals surface area (Å²) < 4.78 is 10.9. The van der Waals surface area contributed by atoms with Crippen LogP contribution >= 0.6 is 0 Å². The molecular weight excluding hydrogens is 1030 g/mol. The number of aliphatic hydroxyl groups is 2. The standard InChI is InChI=1S/2C15H12O7.3C10H8N2/c2*16-7-4-10(19)12-11(5-7)22-15(14(21)13(12)20)6-1-2-8(17)9(18)3-6;3*1-5-11-6-2-9(1)10-3-7-12-8-4-10/h2*1-5,14-19,21H;3*1-8H/t2*14-,15+;;;/m00.../s1. The van der Waals surface area contributed by atoms with Crippen LogP contribution in [0.1, 0.15) is 44.1 Å². The summed E-state index contributed by atoms with van der Waals surface area (Å²) in [7, 11) is 0. The average Bonchev–Trinajstić information content (AvgIpc) is 3.60. The largest absolute Gasteiger partial charge is 0.508 e. The zero-order chi connectivity index (χ0) is 56.7. The first-order valence-corrected chi connectivity index (χ1v) is 24.0. The Hall–Kier alpha value is -11.0. The molecule has 2 aliphatic rings. The van der Waals surface area contributed by atoms with Gasteiger partial charge in [-0.3, -0.25) is 39.5 Å². The van der Waals surface area contributed by atoms with Crippen molar-refractivity contribution in [2.24, 2.45) is 0 Å². The van der Waals surface area contributed by atoms with Crippen LogP contribution in [0.3, 0.4) is 0 Å². The number of hydrogen-bond donors (Lipinski definition) is 10. The van der Waals surface area contributed by atoms with E-state index in [0.29, 0.717) is 0 Å². The third kappa shape index (κ3) is 13.5. The van der Waals surface area contributed by atoms with E-state index in [-0.39, 0.29) is 56.8 Å². The summed E-state index contributed by atoms with van der Waals surface area (Å²) in [5.41, 5.74) is 7.11. The molecule has 0 unspecified atom stereocenters. The first kappa shape index (κ1) is 55.3. The highest BCUT2D eigenvalue weighted by atomic mass is 16.5. The fourth-order valence-corrected chi connectivity index (χ4v) is 8.03. The summed E-state index contributed by atoms with van der Waals surface area (Å²) in [4.78, 5) is 48.1. The van der Waals surface area contributed by atoms with E-state index >= 15 is 0 Å². The summed E-state index contributed by atoms with van der Waals surface area (Å²) in [6.45, 7) is 0. The number of phenolic OH excluding ortho intramolecular Hbond substituents is 8. The molecule has 8 heterocycles. The van der Waals surface area contributed by atoms with E-state index in [1.54, 1.807) is 74.4 Å². The number of nitrogens with zero attached hydrogens (tertiary/aromatic N) is 6.